The summed E-state index contributed by atoms with van der Waals surface area (Å²) in [6, 6.07) is 12.9. The minimum absolute atomic E-state index is 0.128. The highest BCUT2D eigenvalue weighted by Gasteiger charge is 2.31. The van der Waals surface area contributed by atoms with Crippen LogP contribution < -0.4 is 9.64 Å². The van der Waals surface area contributed by atoms with E-state index in [2.05, 4.69) is 20.0 Å². The van der Waals surface area contributed by atoms with Crippen LogP contribution in [0.5, 0.6) is 11.5 Å². The second-order valence-corrected chi connectivity index (χ2v) is 11.8. The highest BCUT2D eigenvalue weighted by atomic mass is 35.5. The van der Waals surface area contributed by atoms with Gasteiger partial charge in [-0.15, -0.1) is 0 Å². The number of nitriles is 1. The number of hydrogen-bond donors (Lipinski definition) is 0. The third-order valence-electron chi connectivity index (χ3n) is 6.90. The van der Waals surface area contributed by atoms with E-state index in [9.17, 15) is 18.5 Å². The van der Waals surface area contributed by atoms with Crippen molar-refractivity contribution >= 4 is 39.2 Å². The summed E-state index contributed by atoms with van der Waals surface area (Å²) < 4.78 is 40.9. The minimum atomic E-state index is -3.79. The van der Waals surface area contributed by atoms with Crippen molar-refractivity contribution < 1.29 is 22.7 Å². The maximum Gasteiger partial charge on any atom is 0.306 e. The van der Waals surface area contributed by atoms with Gasteiger partial charge in [0.2, 0.25) is 10.0 Å². The molecule has 1 aliphatic rings. The Balaban J connectivity index is 1.31. The van der Waals surface area contributed by atoms with Crippen LogP contribution in [-0.4, -0.2) is 71.1 Å². The van der Waals surface area contributed by atoms with E-state index < -0.39 is 10.0 Å². The van der Waals surface area contributed by atoms with E-state index in [1.165, 1.54) is 22.8 Å². The second-order valence-electron chi connectivity index (χ2n) is 9.47. The average Bonchev–Trinajstić information content (AvgIpc) is 3.44. The quantitative estimate of drug-likeness (QED) is 0.257. The van der Waals surface area contributed by atoms with Crippen LogP contribution in [0.2, 0.25) is 5.02 Å². The Labute approximate surface area is 248 Å². The van der Waals surface area contributed by atoms with Crippen LogP contribution in [0.15, 0.2) is 53.7 Å². The predicted octanol–water partition coefficient (Wildman–Crippen LogP) is 3.76. The lowest BCUT2D eigenvalue weighted by molar-refractivity contribution is -0.143. The van der Waals surface area contributed by atoms with Gasteiger partial charge in [0.25, 0.3) is 5.78 Å². The van der Waals surface area contributed by atoms with Crippen molar-refractivity contribution in [2.24, 2.45) is 0 Å². The Morgan fingerprint density at radius 3 is 2.55 bits per heavy atom. The minimum Gasteiger partial charge on any atom is -0.466 e. The van der Waals surface area contributed by atoms with Crippen LogP contribution in [0.1, 0.15) is 30.2 Å². The third kappa shape index (κ3) is 5.87. The number of rotatable bonds is 9. The van der Waals surface area contributed by atoms with Gasteiger partial charge in [0.05, 0.1) is 16.5 Å². The fourth-order valence-corrected chi connectivity index (χ4v) is 6.47. The number of carbonyl (C=O) groups excluding carboxylic acids is 1. The summed E-state index contributed by atoms with van der Waals surface area (Å²) in [5.74, 6) is 1.53. The molecule has 5 rings (SSSR count). The predicted molar refractivity (Wildman–Crippen MR) is 154 cm³/mol. The molecule has 2 aromatic carbocycles. The zero-order valence-electron chi connectivity index (χ0n) is 23.0. The van der Waals surface area contributed by atoms with Gasteiger partial charge in [0.1, 0.15) is 35.3 Å². The maximum atomic E-state index is 13.5. The summed E-state index contributed by atoms with van der Waals surface area (Å²) in [4.78, 5) is 23.0. The van der Waals surface area contributed by atoms with Crippen LogP contribution in [0.25, 0.3) is 5.78 Å². The number of carbonyl (C=O) groups is 1. The summed E-state index contributed by atoms with van der Waals surface area (Å²) in [6.07, 6.45) is 2.01. The normalized spacial score (nSPS) is 14.1. The molecule has 0 radical (unpaired) electrons. The number of aromatic nitrogens is 4. The Morgan fingerprint density at radius 1 is 1.12 bits per heavy atom. The van der Waals surface area contributed by atoms with E-state index in [0.717, 1.165) is 17.1 Å². The summed E-state index contributed by atoms with van der Waals surface area (Å²) in [6.45, 7) is 5.21. The second kappa shape index (κ2) is 12.3. The molecule has 4 aromatic rings. The molecule has 1 fully saturated rings. The van der Waals surface area contributed by atoms with Crippen molar-refractivity contribution in [2.75, 3.05) is 37.7 Å². The lowest BCUT2D eigenvalue weighted by Crippen LogP contribution is -2.49. The van der Waals surface area contributed by atoms with Crippen molar-refractivity contribution in [3.05, 3.63) is 70.6 Å². The molecule has 0 atom stereocenters. The Morgan fingerprint density at radius 2 is 1.86 bits per heavy atom. The van der Waals surface area contributed by atoms with Crippen LogP contribution in [0, 0.1) is 18.3 Å². The fourth-order valence-electron chi connectivity index (χ4n) is 4.84. The van der Waals surface area contributed by atoms with Gasteiger partial charge in [-0.05, 0) is 56.7 Å². The SMILES string of the molecule is CCOC(=O)CCc1c(C)nc2ncnn2c1N1CCN(S(=O)(=O)c2ccc(Oc3cccc(Cl)c3C#N)cc2)CC1. The lowest BCUT2D eigenvalue weighted by Gasteiger charge is -2.36. The summed E-state index contributed by atoms with van der Waals surface area (Å²) in [7, 11) is -3.79. The van der Waals surface area contributed by atoms with E-state index in [4.69, 9.17) is 21.1 Å². The van der Waals surface area contributed by atoms with Crippen LogP contribution in [0.4, 0.5) is 5.82 Å². The summed E-state index contributed by atoms with van der Waals surface area (Å²) >= 11 is 6.07. The van der Waals surface area contributed by atoms with E-state index in [-0.39, 0.29) is 46.7 Å². The number of benzene rings is 2. The van der Waals surface area contributed by atoms with Gasteiger partial charge < -0.3 is 14.4 Å². The largest absolute Gasteiger partial charge is 0.466 e. The molecule has 1 aliphatic heterocycles. The summed E-state index contributed by atoms with van der Waals surface area (Å²) in [5.41, 5.74) is 1.77. The molecule has 42 heavy (non-hydrogen) atoms. The van der Waals surface area contributed by atoms with Gasteiger partial charge in [0.15, 0.2) is 0 Å². The number of aryl methyl sites for hydroxylation is 1. The maximum absolute atomic E-state index is 13.5. The molecule has 0 spiro atoms. The number of fused-ring (bicyclic) bond motifs is 1. The number of ether oxygens (including phenoxy) is 2. The Kier molecular flexibility index (Phi) is 8.58. The fraction of sp³-hybridized carbons (Fsp3) is 0.321. The number of nitrogens with zero attached hydrogens (tertiary/aromatic N) is 7. The van der Waals surface area contributed by atoms with Crippen molar-refractivity contribution in [2.45, 2.75) is 31.6 Å². The molecule has 0 unspecified atom stereocenters. The van der Waals surface area contributed by atoms with Crippen molar-refractivity contribution in [1.82, 2.24) is 23.9 Å². The summed E-state index contributed by atoms with van der Waals surface area (Å²) in [5, 5.41) is 14.0. The van der Waals surface area contributed by atoms with E-state index in [0.29, 0.717) is 37.6 Å². The Bertz CT molecular complexity index is 1760. The molecule has 14 heteroatoms. The van der Waals surface area contributed by atoms with Gasteiger partial charge in [-0.2, -0.15) is 24.2 Å². The number of piperazine rings is 1. The van der Waals surface area contributed by atoms with Gasteiger partial charge in [-0.1, -0.05) is 17.7 Å². The molecule has 0 aliphatic carbocycles. The highest BCUT2D eigenvalue weighted by molar-refractivity contribution is 7.89. The van der Waals surface area contributed by atoms with Gasteiger partial charge in [-0.3, -0.25) is 4.79 Å². The zero-order chi connectivity index (χ0) is 29.9. The van der Waals surface area contributed by atoms with Crippen LogP contribution in [-0.2, 0) is 26.0 Å². The monoisotopic (exact) mass is 609 g/mol. The van der Waals surface area contributed by atoms with Gasteiger partial charge in [-0.25, -0.2) is 13.4 Å². The van der Waals surface area contributed by atoms with E-state index in [1.807, 2.05) is 13.0 Å². The van der Waals surface area contributed by atoms with E-state index in [1.54, 1.807) is 41.8 Å². The first-order valence-electron chi connectivity index (χ1n) is 13.3. The first kappa shape index (κ1) is 29.2. The molecule has 1 saturated heterocycles. The number of anilines is 1. The molecular weight excluding hydrogens is 582 g/mol. The first-order valence-corrected chi connectivity index (χ1v) is 15.1. The molecule has 0 bridgehead atoms. The molecule has 0 N–H and O–H groups in total. The molecule has 12 nitrogen and oxygen atoms in total. The smallest absolute Gasteiger partial charge is 0.306 e. The standard InChI is InChI=1S/C28H28ClN7O5S/c1-3-40-26(37)12-11-22-19(2)33-28-31-18-32-36(28)27(22)34-13-15-35(16-14-34)42(38,39)21-9-7-20(8-10-21)41-25-6-4-5-24(29)23(25)17-30/h4-10,18H,3,11-16H2,1-2H3. The molecule has 0 amide bonds. The number of halogens is 1. The number of hydrogen-bond acceptors (Lipinski definition) is 10. The van der Waals surface area contributed by atoms with Crippen LogP contribution >= 0.6 is 11.6 Å². The van der Waals surface area contributed by atoms with Crippen molar-refractivity contribution in [3.8, 4) is 17.6 Å². The first-order chi connectivity index (χ1) is 20.2. The molecule has 3 heterocycles. The van der Waals surface area contributed by atoms with Crippen LogP contribution in [0.3, 0.4) is 0 Å². The zero-order valence-corrected chi connectivity index (χ0v) is 24.6. The average molecular weight is 610 g/mol. The molecule has 0 saturated carbocycles. The van der Waals surface area contributed by atoms with Crippen molar-refractivity contribution in [3.63, 3.8) is 0 Å². The lowest BCUT2D eigenvalue weighted by atomic mass is 10.1. The number of sulfonamides is 1. The van der Waals surface area contributed by atoms with Gasteiger partial charge >= 0.3 is 5.97 Å². The Hall–Kier alpha value is -4.25. The van der Waals surface area contributed by atoms with Gasteiger partial charge in [0, 0.05) is 43.9 Å². The molecular formula is C28H28ClN7O5S. The molecule has 2 aromatic heterocycles. The third-order valence-corrected chi connectivity index (χ3v) is 9.13. The molecule has 218 valence electrons. The number of esters is 1. The highest BCUT2D eigenvalue weighted by Crippen LogP contribution is 2.31. The van der Waals surface area contributed by atoms with E-state index >= 15 is 0 Å². The van der Waals surface area contributed by atoms with Crippen molar-refractivity contribution in [1.29, 1.82) is 5.26 Å². The topological polar surface area (TPSA) is 143 Å².